The molecule has 0 saturated carbocycles. The fourth-order valence-corrected chi connectivity index (χ4v) is 4.68. The van der Waals surface area contributed by atoms with Crippen LogP contribution in [0.1, 0.15) is 51.6 Å². The molecule has 1 amide bonds. The van der Waals surface area contributed by atoms with Gasteiger partial charge in [0.15, 0.2) is 0 Å². The topological polar surface area (TPSA) is 69.8 Å². The zero-order valence-corrected chi connectivity index (χ0v) is 18.4. The molecule has 5 rings (SSSR count). The number of halogens is 1. The highest BCUT2D eigenvalue weighted by Gasteiger charge is 2.24. The lowest BCUT2D eigenvalue weighted by molar-refractivity contribution is 0.0951. The van der Waals surface area contributed by atoms with Crippen LogP contribution in [0.15, 0.2) is 67.0 Å². The van der Waals surface area contributed by atoms with Crippen molar-refractivity contribution in [2.45, 2.75) is 38.3 Å². The van der Waals surface area contributed by atoms with E-state index in [1.54, 1.807) is 24.5 Å². The van der Waals surface area contributed by atoms with E-state index >= 15 is 0 Å². The number of hydrogen-bond acceptors (Lipinski definition) is 3. The number of fused-ring (bicyclic) bond motifs is 3. The van der Waals surface area contributed by atoms with Gasteiger partial charge in [0.2, 0.25) is 0 Å². The van der Waals surface area contributed by atoms with E-state index in [-0.39, 0.29) is 17.8 Å². The molecule has 1 aliphatic rings. The monoisotopic (exact) mass is 442 g/mol. The van der Waals surface area contributed by atoms with E-state index < -0.39 is 0 Å². The maximum absolute atomic E-state index is 13.4. The van der Waals surface area contributed by atoms with Gasteiger partial charge in [-0.2, -0.15) is 0 Å². The normalized spacial score (nSPS) is 15.4. The molecule has 1 unspecified atom stereocenters. The van der Waals surface area contributed by atoms with Crippen molar-refractivity contribution < 1.29 is 9.18 Å². The molecular weight excluding hydrogens is 415 g/mol. The summed E-state index contributed by atoms with van der Waals surface area (Å²) in [6.07, 6.45) is 7.38. The highest BCUT2D eigenvalue weighted by molar-refractivity contribution is 5.99. The summed E-state index contributed by atoms with van der Waals surface area (Å²) in [6.45, 7) is 1.26. The van der Waals surface area contributed by atoms with Crippen LogP contribution in [0.5, 0.6) is 0 Å². The van der Waals surface area contributed by atoms with Crippen molar-refractivity contribution in [1.29, 1.82) is 0 Å². The molecule has 1 atom stereocenters. The Hall–Kier alpha value is -3.51. The summed E-state index contributed by atoms with van der Waals surface area (Å²) in [4.78, 5) is 20.3. The summed E-state index contributed by atoms with van der Waals surface area (Å²) in [5, 5.41) is 7.76. The van der Waals surface area contributed by atoms with Gasteiger partial charge in [0.05, 0.1) is 0 Å². The lowest BCUT2D eigenvalue weighted by Crippen LogP contribution is -2.27. The fraction of sp³-hybridized carbons (Fsp3) is 0.259. The average molecular weight is 443 g/mol. The minimum atomic E-state index is -0.191. The van der Waals surface area contributed by atoms with Crippen LogP contribution in [0.2, 0.25) is 0 Å². The lowest BCUT2D eigenvalue weighted by atomic mass is 9.91. The Morgan fingerprint density at radius 2 is 1.97 bits per heavy atom. The SMILES string of the molecule is O=C(NCc1ccncc1)c1ccc2[nH]c3c(c2c1)CCCC3NCCc1cccc(F)c1. The summed E-state index contributed by atoms with van der Waals surface area (Å²) in [7, 11) is 0. The van der Waals surface area contributed by atoms with E-state index in [0.29, 0.717) is 12.1 Å². The van der Waals surface area contributed by atoms with Crippen LogP contribution in [-0.4, -0.2) is 22.4 Å². The van der Waals surface area contributed by atoms with Crippen molar-refractivity contribution in [3.63, 3.8) is 0 Å². The van der Waals surface area contributed by atoms with Gasteiger partial charge >= 0.3 is 0 Å². The zero-order valence-electron chi connectivity index (χ0n) is 18.4. The number of H-pyrrole nitrogens is 1. The molecular formula is C27H27FN4O. The van der Waals surface area contributed by atoms with Gasteiger partial charge in [-0.3, -0.25) is 9.78 Å². The Morgan fingerprint density at radius 3 is 2.82 bits per heavy atom. The van der Waals surface area contributed by atoms with Crippen molar-refractivity contribution in [3.05, 3.63) is 101 Å². The number of nitrogens with one attached hydrogen (secondary N) is 3. The van der Waals surface area contributed by atoms with E-state index in [4.69, 9.17) is 0 Å². The van der Waals surface area contributed by atoms with Crippen LogP contribution >= 0.6 is 0 Å². The molecule has 0 radical (unpaired) electrons. The van der Waals surface area contributed by atoms with E-state index in [9.17, 15) is 9.18 Å². The molecule has 0 bridgehead atoms. The molecule has 2 aromatic heterocycles. The smallest absolute Gasteiger partial charge is 0.251 e. The van der Waals surface area contributed by atoms with Crippen molar-refractivity contribution in [2.75, 3.05) is 6.54 Å². The fourth-order valence-electron chi connectivity index (χ4n) is 4.68. The molecule has 0 spiro atoms. The molecule has 33 heavy (non-hydrogen) atoms. The summed E-state index contributed by atoms with van der Waals surface area (Å²) < 4.78 is 13.4. The van der Waals surface area contributed by atoms with Gasteiger partial charge in [-0.25, -0.2) is 4.39 Å². The Morgan fingerprint density at radius 1 is 1.09 bits per heavy atom. The van der Waals surface area contributed by atoms with Gasteiger partial charge in [0, 0.05) is 47.1 Å². The molecule has 3 N–H and O–H groups in total. The number of aryl methyl sites for hydroxylation is 1. The second-order valence-corrected chi connectivity index (χ2v) is 8.59. The largest absolute Gasteiger partial charge is 0.357 e. The highest BCUT2D eigenvalue weighted by Crippen LogP contribution is 2.35. The second kappa shape index (κ2) is 9.55. The molecule has 5 nitrogen and oxygen atoms in total. The average Bonchev–Trinajstić information content (AvgIpc) is 3.22. The summed E-state index contributed by atoms with van der Waals surface area (Å²) in [5.74, 6) is -0.270. The Bertz CT molecular complexity index is 1270. The molecule has 2 aromatic carbocycles. The van der Waals surface area contributed by atoms with E-state index in [0.717, 1.165) is 54.3 Å². The first-order valence-corrected chi connectivity index (χ1v) is 11.5. The van der Waals surface area contributed by atoms with E-state index in [2.05, 4.69) is 20.6 Å². The van der Waals surface area contributed by atoms with Crippen molar-refractivity contribution in [3.8, 4) is 0 Å². The predicted molar refractivity (Wildman–Crippen MR) is 127 cm³/mol. The standard InChI is InChI=1S/C27H27FN4O/c28-21-4-1-3-18(15-21)11-14-30-25-6-2-5-22-23-16-20(7-8-24(23)32-26(22)25)27(33)31-17-19-9-12-29-13-10-19/h1,3-4,7-10,12-13,15-16,25,30,32H,2,5-6,11,14,17H2,(H,31,33). The maximum atomic E-state index is 13.4. The molecule has 4 aromatic rings. The number of aromatic nitrogens is 2. The van der Waals surface area contributed by atoms with E-state index in [1.807, 2.05) is 36.4 Å². The number of hydrogen-bond donors (Lipinski definition) is 3. The Balaban J connectivity index is 1.29. The molecule has 6 heteroatoms. The van der Waals surface area contributed by atoms with Crippen LogP contribution in [0.3, 0.4) is 0 Å². The molecule has 0 fully saturated rings. The molecule has 168 valence electrons. The number of rotatable bonds is 7. The van der Waals surface area contributed by atoms with Crippen LogP contribution in [0.4, 0.5) is 4.39 Å². The summed E-state index contributed by atoms with van der Waals surface area (Å²) >= 11 is 0. The number of aromatic amines is 1. The van der Waals surface area contributed by atoms with Gasteiger partial charge in [0.1, 0.15) is 5.82 Å². The third kappa shape index (κ3) is 4.81. The zero-order chi connectivity index (χ0) is 22.6. The molecule has 2 heterocycles. The molecule has 0 saturated heterocycles. The number of carbonyl (C=O) groups is 1. The quantitative estimate of drug-likeness (QED) is 0.384. The van der Waals surface area contributed by atoms with Gasteiger partial charge in [-0.15, -0.1) is 0 Å². The highest BCUT2D eigenvalue weighted by atomic mass is 19.1. The third-order valence-electron chi connectivity index (χ3n) is 6.37. The van der Waals surface area contributed by atoms with Crippen molar-refractivity contribution in [1.82, 2.24) is 20.6 Å². The lowest BCUT2D eigenvalue weighted by Gasteiger charge is -2.24. The minimum absolute atomic E-state index is 0.0794. The van der Waals surface area contributed by atoms with Gasteiger partial charge in [-0.05, 0) is 91.4 Å². The van der Waals surface area contributed by atoms with Crippen LogP contribution in [-0.2, 0) is 19.4 Å². The number of nitrogens with zero attached hydrogens (tertiary/aromatic N) is 1. The summed E-state index contributed by atoms with van der Waals surface area (Å²) in [5.41, 5.74) is 6.25. The van der Waals surface area contributed by atoms with Gasteiger partial charge in [0.25, 0.3) is 5.91 Å². The van der Waals surface area contributed by atoms with Crippen LogP contribution in [0.25, 0.3) is 10.9 Å². The van der Waals surface area contributed by atoms with Gasteiger partial charge in [-0.1, -0.05) is 12.1 Å². The van der Waals surface area contributed by atoms with Gasteiger partial charge < -0.3 is 15.6 Å². The first-order chi connectivity index (χ1) is 16.2. The number of pyridine rings is 1. The number of benzene rings is 2. The number of amides is 1. The Labute approximate surface area is 192 Å². The van der Waals surface area contributed by atoms with Crippen molar-refractivity contribution in [2.24, 2.45) is 0 Å². The maximum Gasteiger partial charge on any atom is 0.251 e. The minimum Gasteiger partial charge on any atom is -0.357 e. The first-order valence-electron chi connectivity index (χ1n) is 11.5. The van der Waals surface area contributed by atoms with Crippen molar-refractivity contribution >= 4 is 16.8 Å². The third-order valence-corrected chi connectivity index (χ3v) is 6.37. The van der Waals surface area contributed by atoms with Crippen LogP contribution < -0.4 is 10.6 Å². The first kappa shape index (κ1) is 21.3. The molecule has 1 aliphatic carbocycles. The van der Waals surface area contributed by atoms with E-state index in [1.165, 1.54) is 17.3 Å². The second-order valence-electron chi connectivity index (χ2n) is 8.59. The number of carbonyl (C=O) groups excluding carboxylic acids is 1. The van der Waals surface area contributed by atoms with Crippen LogP contribution in [0, 0.1) is 5.82 Å². The summed E-state index contributed by atoms with van der Waals surface area (Å²) in [6, 6.07) is 16.7. The predicted octanol–water partition coefficient (Wildman–Crippen LogP) is 4.84. The Kier molecular flexibility index (Phi) is 6.17. The molecule has 0 aliphatic heterocycles.